The maximum Gasteiger partial charge on any atom is 0.264 e. The number of nitrogens with one attached hydrogen (secondary N) is 1. The van der Waals surface area contributed by atoms with E-state index in [0.29, 0.717) is 11.4 Å². The standard InChI is InChI=1S/C20H16ClFN2O3S/c1-24(28(26,27)17-8-3-2-4-9-17)16-7-5-6-14(12-16)20(25)23-15-10-11-19(22)18(21)13-15/h2-13H,1H3,(H,23,25). The quantitative estimate of drug-likeness (QED) is 0.660. The van der Waals surface area contributed by atoms with Crippen molar-refractivity contribution < 1.29 is 17.6 Å². The summed E-state index contributed by atoms with van der Waals surface area (Å²) < 4.78 is 39.8. The highest BCUT2D eigenvalue weighted by atomic mass is 35.5. The summed E-state index contributed by atoms with van der Waals surface area (Å²) in [4.78, 5) is 12.6. The lowest BCUT2D eigenvalue weighted by Crippen LogP contribution is -2.26. The molecule has 0 fully saturated rings. The monoisotopic (exact) mass is 418 g/mol. The first-order valence-electron chi connectivity index (χ1n) is 8.19. The van der Waals surface area contributed by atoms with Crippen molar-refractivity contribution >= 4 is 38.9 Å². The van der Waals surface area contributed by atoms with Crippen LogP contribution in [0.4, 0.5) is 15.8 Å². The van der Waals surface area contributed by atoms with Crippen molar-refractivity contribution in [2.24, 2.45) is 0 Å². The van der Waals surface area contributed by atoms with Gasteiger partial charge in [-0.15, -0.1) is 0 Å². The second kappa shape index (κ2) is 8.00. The lowest BCUT2D eigenvalue weighted by atomic mass is 10.2. The number of anilines is 2. The van der Waals surface area contributed by atoms with E-state index in [2.05, 4.69) is 5.32 Å². The topological polar surface area (TPSA) is 66.5 Å². The van der Waals surface area contributed by atoms with E-state index in [-0.39, 0.29) is 15.5 Å². The summed E-state index contributed by atoms with van der Waals surface area (Å²) in [6, 6.07) is 18.0. The van der Waals surface area contributed by atoms with Gasteiger partial charge in [-0.1, -0.05) is 35.9 Å². The van der Waals surface area contributed by atoms with Crippen LogP contribution in [0, 0.1) is 5.82 Å². The minimum absolute atomic E-state index is 0.111. The molecule has 1 amide bonds. The SMILES string of the molecule is CN(c1cccc(C(=O)Nc2ccc(F)c(Cl)c2)c1)S(=O)(=O)c1ccccc1. The van der Waals surface area contributed by atoms with Crippen molar-refractivity contribution in [3.8, 4) is 0 Å². The van der Waals surface area contributed by atoms with Gasteiger partial charge >= 0.3 is 0 Å². The minimum atomic E-state index is -3.76. The van der Waals surface area contributed by atoms with E-state index < -0.39 is 21.7 Å². The molecule has 0 aliphatic heterocycles. The van der Waals surface area contributed by atoms with Crippen LogP contribution in [-0.4, -0.2) is 21.4 Å². The number of rotatable bonds is 5. The molecule has 3 aromatic rings. The number of nitrogens with zero attached hydrogens (tertiary/aromatic N) is 1. The number of benzene rings is 3. The molecule has 5 nitrogen and oxygen atoms in total. The van der Waals surface area contributed by atoms with Crippen LogP contribution in [0.3, 0.4) is 0 Å². The van der Waals surface area contributed by atoms with Crippen LogP contribution in [0.5, 0.6) is 0 Å². The van der Waals surface area contributed by atoms with Crippen molar-refractivity contribution in [1.82, 2.24) is 0 Å². The number of hydrogen-bond acceptors (Lipinski definition) is 3. The molecule has 0 spiro atoms. The highest BCUT2D eigenvalue weighted by Gasteiger charge is 2.21. The Morgan fingerprint density at radius 1 is 1.00 bits per heavy atom. The second-order valence-electron chi connectivity index (χ2n) is 5.92. The molecule has 0 unspecified atom stereocenters. The van der Waals surface area contributed by atoms with Crippen LogP contribution in [-0.2, 0) is 10.0 Å². The molecule has 1 N–H and O–H groups in total. The third-order valence-electron chi connectivity index (χ3n) is 4.05. The van der Waals surface area contributed by atoms with E-state index in [1.54, 1.807) is 36.4 Å². The number of sulfonamides is 1. The maximum absolute atomic E-state index is 13.2. The van der Waals surface area contributed by atoms with Gasteiger partial charge in [0.15, 0.2) is 0 Å². The molecule has 0 bridgehead atoms. The number of halogens is 2. The number of hydrogen-bond donors (Lipinski definition) is 1. The zero-order valence-electron chi connectivity index (χ0n) is 14.8. The van der Waals surface area contributed by atoms with E-state index in [4.69, 9.17) is 11.6 Å². The lowest BCUT2D eigenvalue weighted by Gasteiger charge is -2.20. The predicted molar refractivity (Wildman–Crippen MR) is 108 cm³/mol. The van der Waals surface area contributed by atoms with Crippen LogP contribution in [0.25, 0.3) is 0 Å². The van der Waals surface area contributed by atoms with Crippen LogP contribution in [0.2, 0.25) is 5.02 Å². The average molecular weight is 419 g/mol. The Balaban J connectivity index is 1.85. The first-order valence-corrected chi connectivity index (χ1v) is 10.0. The van der Waals surface area contributed by atoms with Crippen LogP contribution in [0.1, 0.15) is 10.4 Å². The molecule has 0 aliphatic carbocycles. The summed E-state index contributed by atoms with van der Waals surface area (Å²) in [6.45, 7) is 0. The molecule has 0 aromatic heterocycles. The number of carbonyl (C=O) groups excluding carboxylic acids is 1. The highest BCUT2D eigenvalue weighted by molar-refractivity contribution is 7.92. The Morgan fingerprint density at radius 2 is 1.71 bits per heavy atom. The Morgan fingerprint density at radius 3 is 2.39 bits per heavy atom. The van der Waals surface area contributed by atoms with Gasteiger partial charge in [-0.05, 0) is 48.5 Å². The van der Waals surface area contributed by atoms with Crippen molar-refractivity contribution in [1.29, 1.82) is 0 Å². The average Bonchev–Trinajstić information content (AvgIpc) is 2.71. The van der Waals surface area contributed by atoms with E-state index >= 15 is 0 Å². The van der Waals surface area contributed by atoms with Gasteiger partial charge in [0.25, 0.3) is 15.9 Å². The van der Waals surface area contributed by atoms with Crippen molar-refractivity contribution in [3.63, 3.8) is 0 Å². The second-order valence-corrected chi connectivity index (χ2v) is 8.30. The van der Waals surface area contributed by atoms with Gasteiger partial charge in [-0.25, -0.2) is 12.8 Å². The summed E-state index contributed by atoms with van der Waals surface area (Å²) in [7, 11) is -2.35. The third-order valence-corrected chi connectivity index (χ3v) is 6.14. The normalized spacial score (nSPS) is 11.1. The summed E-state index contributed by atoms with van der Waals surface area (Å²) >= 11 is 5.72. The van der Waals surface area contributed by atoms with Crippen LogP contribution >= 0.6 is 11.6 Å². The zero-order valence-corrected chi connectivity index (χ0v) is 16.3. The fraction of sp³-hybridized carbons (Fsp3) is 0.0500. The Bertz CT molecular complexity index is 1120. The van der Waals surface area contributed by atoms with Gasteiger partial charge in [0.1, 0.15) is 5.82 Å². The van der Waals surface area contributed by atoms with Gasteiger partial charge in [0.05, 0.1) is 15.6 Å². The maximum atomic E-state index is 13.2. The number of amides is 1. The number of carbonyl (C=O) groups is 1. The molecule has 0 atom stereocenters. The molecule has 3 aromatic carbocycles. The van der Waals surface area contributed by atoms with Crippen molar-refractivity contribution in [2.75, 3.05) is 16.7 Å². The fourth-order valence-electron chi connectivity index (χ4n) is 2.51. The first kappa shape index (κ1) is 19.9. The Kier molecular flexibility index (Phi) is 5.67. The van der Waals surface area contributed by atoms with Crippen LogP contribution < -0.4 is 9.62 Å². The molecular weight excluding hydrogens is 403 g/mol. The van der Waals surface area contributed by atoms with Crippen LogP contribution in [0.15, 0.2) is 77.7 Å². The summed E-state index contributed by atoms with van der Waals surface area (Å²) in [5, 5.41) is 2.49. The van der Waals surface area contributed by atoms with Gasteiger partial charge in [-0.3, -0.25) is 9.10 Å². The molecule has 0 heterocycles. The van der Waals surface area contributed by atoms with Crippen molar-refractivity contribution in [3.05, 3.63) is 89.2 Å². The van der Waals surface area contributed by atoms with Gasteiger partial charge < -0.3 is 5.32 Å². The van der Waals surface area contributed by atoms with E-state index in [1.165, 1.54) is 37.4 Å². The predicted octanol–water partition coefficient (Wildman–Crippen LogP) is 4.56. The van der Waals surface area contributed by atoms with Crippen molar-refractivity contribution in [2.45, 2.75) is 4.90 Å². The van der Waals surface area contributed by atoms with E-state index in [0.717, 1.165) is 10.4 Å². The summed E-state index contributed by atoms with van der Waals surface area (Å²) in [6.07, 6.45) is 0. The molecule has 28 heavy (non-hydrogen) atoms. The molecule has 0 radical (unpaired) electrons. The van der Waals surface area contributed by atoms with Gasteiger partial charge in [-0.2, -0.15) is 0 Å². The van der Waals surface area contributed by atoms with Gasteiger partial charge in [0.2, 0.25) is 0 Å². The fourth-order valence-corrected chi connectivity index (χ4v) is 3.90. The largest absolute Gasteiger partial charge is 0.322 e. The van der Waals surface area contributed by atoms with E-state index in [9.17, 15) is 17.6 Å². The van der Waals surface area contributed by atoms with E-state index in [1.807, 2.05) is 0 Å². The molecular formula is C20H16ClFN2O3S. The first-order chi connectivity index (χ1) is 13.3. The smallest absolute Gasteiger partial charge is 0.264 e. The molecule has 8 heteroatoms. The lowest BCUT2D eigenvalue weighted by molar-refractivity contribution is 0.102. The summed E-state index contributed by atoms with van der Waals surface area (Å²) in [5.74, 6) is -1.07. The summed E-state index contributed by atoms with van der Waals surface area (Å²) in [5.41, 5.74) is 0.897. The Hall–Kier alpha value is -2.90. The molecule has 144 valence electrons. The third kappa shape index (κ3) is 4.16. The molecule has 3 rings (SSSR count). The van der Waals surface area contributed by atoms with Gasteiger partial charge in [0, 0.05) is 18.3 Å². The zero-order chi connectivity index (χ0) is 20.3. The Labute approximate surface area is 167 Å². The highest BCUT2D eigenvalue weighted by Crippen LogP contribution is 2.24. The molecule has 0 saturated heterocycles. The minimum Gasteiger partial charge on any atom is -0.322 e. The molecule has 0 aliphatic rings. The molecule has 0 saturated carbocycles.